The van der Waals surface area contributed by atoms with Crippen molar-refractivity contribution in [1.29, 1.82) is 5.26 Å². The van der Waals surface area contributed by atoms with E-state index >= 15 is 0 Å². The lowest BCUT2D eigenvalue weighted by Crippen LogP contribution is -2.00. The van der Waals surface area contributed by atoms with Crippen LogP contribution in [0.2, 0.25) is 0 Å². The molecule has 0 spiro atoms. The Kier molecular flexibility index (Phi) is 3.06. The summed E-state index contributed by atoms with van der Waals surface area (Å²) in [6, 6.07) is 11.7. The van der Waals surface area contributed by atoms with E-state index in [1.807, 2.05) is 32.0 Å². The number of benzene rings is 1. The highest BCUT2D eigenvalue weighted by atomic mass is 15.0. The van der Waals surface area contributed by atoms with Crippen LogP contribution in [0.5, 0.6) is 0 Å². The zero-order valence-electron chi connectivity index (χ0n) is 9.86. The number of anilines is 2. The van der Waals surface area contributed by atoms with Gasteiger partial charge in [-0.3, -0.25) is 0 Å². The normalized spacial score (nSPS) is 9.71. The van der Waals surface area contributed by atoms with Crippen molar-refractivity contribution < 1.29 is 0 Å². The van der Waals surface area contributed by atoms with Crippen LogP contribution in [-0.4, -0.2) is 4.98 Å². The molecule has 84 valence electrons. The molecule has 0 amide bonds. The van der Waals surface area contributed by atoms with E-state index < -0.39 is 0 Å². The lowest BCUT2D eigenvalue weighted by molar-refractivity contribution is 1.26. The quantitative estimate of drug-likeness (QED) is 0.849. The largest absolute Gasteiger partial charge is 0.339 e. The second-order valence-electron chi connectivity index (χ2n) is 3.90. The maximum atomic E-state index is 9.01. The molecule has 0 aliphatic rings. The highest BCUT2D eigenvalue weighted by Gasteiger charge is 2.06. The molecule has 0 bridgehead atoms. The molecule has 0 aliphatic heterocycles. The second-order valence-corrected chi connectivity index (χ2v) is 3.90. The van der Waals surface area contributed by atoms with Gasteiger partial charge in [0.1, 0.15) is 11.9 Å². The Morgan fingerprint density at radius 3 is 2.47 bits per heavy atom. The number of aryl methyl sites for hydroxylation is 2. The van der Waals surface area contributed by atoms with Gasteiger partial charge in [-0.05, 0) is 37.1 Å². The SMILES string of the molecule is Cc1cccc(C)c1Nc1ncccc1C#N. The Labute approximate surface area is 101 Å². The van der Waals surface area contributed by atoms with Gasteiger partial charge in [-0.1, -0.05) is 18.2 Å². The molecule has 0 saturated heterocycles. The molecule has 1 heterocycles. The molecule has 0 saturated carbocycles. The first kappa shape index (κ1) is 11.2. The molecule has 2 rings (SSSR count). The second kappa shape index (κ2) is 4.67. The number of para-hydroxylation sites is 1. The molecule has 2 aromatic rings. The van der Waals surface area contributed by atoms with E-state index in [-0.39, 0.29) is 0 Å². The van der Waals surface area contributed by atoms with Crippen LogP contribution in [0.3, 0.4) is 0 Å². The zero-order chi connectivity index (χ0) is 12.3. The summed E-state index contributed by atoms with van der Waals surface area (Å²) in [7, 11) is 0. The molecule has 3 nitrogen and oxygen atoms in total. The van der Waals surface area contributed by atoms with Crippen LogP contribution in [-0.2, 0) is 0 Å². The average molecular weight is 223 g/mol. The number of nitrogens with zero attached hydrogens (tertiary/aromatic N) is 2. The number of nitriles is 1. The van der Waals surface area contributed by atoms with Gasteiger partial charge in [0.25, 0.3) is 0 Å². The fraction of sp³-hybridized carbons (Fsp3) is 0.143. The number of hydrogen-bond acceptors (Lipinski definition) is 3. The van der Waals surface area contributed by atoms with Crippen molar-refractivity contribution in [3.63, 3.8) is 0 Å². The van der Waals surface area contributed by atoms with Gasteiger partial charge in [-0.25, -0.2) is 4.98 Å². The third-order valence-electron chi connectivity index (χ3n) is 2.65. The maximum absolute atomic E-state index is 9.01. The molecule has 1 aromatic heterocycles. The number of pyridine rings is 1. The minimum absolute atomic E-state index is 0.551. The molecule has 0 radical (unpaired) electrons. The summed E-state index contributed by atoms with van der Waals surface area (Å²) < 4.78 is 0. The average Bonchev–Trinajstić information content (AvgIpc) is 2.34. The molecule has 17 heavy (non-hydrogen) atoms. The standard InChI is InChI=1S/C14H13N3/c1-10-5-3-6-11(2)13(10)17-14-12(9-15)7-4-8-16-14/h3-8H,1-2H3,(H,16,17). The van der Waals surface area contributed by atoms with Crippen molar-refractivity contribution in [2.75, 3.05) is 5.32 Å². The van der Waals surface area contributed by atoms with Crippen LogP contribution in [0.4, 0.5) is 11.5 Å². The lowest BCUT2D eigenvalue weighted by atomic mass is 10.1. The minimum Gasteiger partial charge on any atom is -0.339 e. The first-order valence-electron chi connectivity index (χ1n) is 5.40. The number of nitrogens with one attached hydrogen (secondary N) is 1. The smallest absolute Gasteiger partial charge is 0.148 e. The first-order chi connectivity index (χ1) is 8.22. The van der Waals surface area contributed by atoms with Gasteiger partial charge >= 0.3 is 0 Å². The van der Waals surface area contributed by atoms with Crippen LogP contribution < -0.4 is 5.32 Å². The van der Waals surface area contributed by atoms with Crippen molar-refractivity contribution in [3.8, 4) is 6.07 Å². The van der Waals surface area contributed by atoms with Gasteiger partial charge in [0.15, 0.2) is 0 Å². The topological polar surface area (TPSA) is 48.7 Å². The molecule has 1 aromatic carbocycles. The summed E-state index contributed by atoms with van der Waals surface area (Å²) in [5.74, 6) is 0.604. The van der Waals surface area contributed by atoms with Crippen molar-refractivity contribution in [2.24, 2.45) is 0 Å². The summed E-state index contributed by atoms with van der Waals surface area (Å²) in [4.78, 5) is 4.19. The predicted molar refractivity (Wildman–Crippen MR) is 68.2 cm³/mol. The van der Waals surface area contributed by atoms with E-state index in [0.717, 1.165) is 16.8 Å². The van der Waals surface area contributed by atoms with Gasteiger partial charge < -0.3 is 5.32 Å². The van der Waals surface area contributed by atoms with Crippen LogP contribution >= 0.6 is 0 Å². The van der Waals surface area contributed by atoms with Gasteiger partial charge in [-0.15, -0.1) is 0 Å². The van der Waals surface area contributed by atoms with E-state index in [0.29, 0.717) is 11.4 Å². The number of aromatic nitrogens is 1. The molecule has 0 atom stereocenters. The van der Waals surface area contributed by atoms with E-state index in [9.17, 15) is 0 Å². The van der Waals surface area contributed by atoms with Crippen LogP contribution in [0.1, 0.15) is 16.7 Å². The lowest BCUT2D eigenvalue weighted by Gasteiger charge is -2.12. The van der Waals surface area contributed by atoms with Crippen LogP contribution in [0, 0.1) is 25.2 Å². The minimum atomic E-state index is 0.551. The molecular weight excluding hydrogens is 210 g/mol. The van der Waals surface area contributed by atoms with E-state index in [1.54, 1.807) is 18.3 Å². The monoisotopic (exact) mass is 223 g/mol. The Morgan fingerprint density at radius 2 is 1.82 bits per heavy atom. The summed E-state index contributed by atoms with van der Waals surface area (Å²) in [6.07, 6.45) is 1.68. The number of rotatable bonds is 2. The van der Waals surface area contributed by atoms with Crippen molar-refractivity contribution >= 4 is 11.5 Å². The maximum Gasteiger partial charge on any atom is 0.148 e. The molecule has 0 aliphatic carbocycles. The third-order valence-corrected chi connectivity index (χ3v) is 2.65. The van der Waals surface area contributed by atoms with Gasteiger partial charge in [0, 0.05) is 11.9 Å². The van der Waals surface area contributed by atoms with Crippen LogP contribution in [0.25, 0.3) is 0 Å². The molecular formula is C14H13N3. The van der Waals surface area contributed by atoms with Gasteiger partial charge in [-0.2, -0.15) is 5.26 Å². The fourth-order valence-corrected chi connectivity index (χ4v) is 1.73. The highest BCUT2D eigenvalue weighted by molar-refractivity contribution is 5.67. The van der Waals surface area contributed by atoms with E-state index in [1.165, 1.54) is 0 Å². The molecule has 0 fully saturated rings. The fourth-order valence-electron chi connectivity index (χ4n) is 1.73. The predicted octanol–water partition coefficient (Wildman–Crippen LogP) is 3.31. The summed E-state index contributed by atoms with van der Waals surface area (Å²) >= 11 is 0. The molecule has 1 N–H and O–H groups in total. The number of hydrogen-bond donors (Lipinski definition) is 1. The van der Waals surface area contributed by atoms with Crippen molar-refractivity contribution in [3.05, 3.63) is 53.2 Å². The Morgan fingerprint density at radius 1 is 1.12 bits per heavy atom. The summed E-state index contributed by atoms with van der Waals surface area (Å²) in [5.41, 5.74) is 3.84. The van der Waals surface area contributed by atoms with Crippen LogP contribution in [0.15, 0.2) is 36.5 Å². The van der Waals surface area contributed by atoms with Crippen molar-refractivity contribution in [2.45, 2.75) is 13.8 Å². The van der Waals surface area contributed by atoms with E-state index in [4.69, 9.17) is 5.26 Å². The third kappa shape index (κ3) is 2.26. The zero-order valence-corrected chi connectivity index (χ0v) is 9.86. The van der Waals surface area contributed by atoms with Crippen molar-refractivity contribution in [1.82, 2.24) is 4.98 Å². The van der Waals surface area contributed by atoms with E-state index in [2.05, 4.69) is 16.4 Å². The summed E-state index contributed by atoms with van der Waals surface area (Å²) in [6.45, 7) is 4.06. The molecule has 3 heteroatoms. The van der Waals surface area contributed by atoms with Gasteiger partial charge in [0.05, 0.1) is 5.56 Å². The Bertz CT molecular complexity index is 562. The summed E-state index contributed by atoms with van der Waals surface area (Å²) in [5, 5.41) is 12.2. The Hall–Kier alpha value is -2.34. The Balaban J connectivity index is 2.42. The van der Waals surface area contributed by atoms with Gasteiger partial charge in [0.2, 0.25) is 0 Å². The first-order valence-corrected chi connectivity index (χ1v) is 5.40. The molecule has 0 unspecified atom stereocenters. The highest BCUT2D eigenvalue weighted by Crippen LogP contribution is 2.24.